The van der Waals surface area contributed by atoms with Gasteiger partial charge in [0.15, 0.2) is 23.1 Å². The van der Waals surface area contributed by atoms with Crippen LogP contribution in [-0.4, -0.2) is 23.8 Å². The fourth-order valence-electron chi connectivity index (χ4n) is 1.89. The molecule has 2 amide bonds. The van der Waals surface area contributed by atoms with Crippen LogP contribution in [-0.2, 0) is 6.54 Å². The zero-order valence-corrected chi connectivity index (χ0v) is 13.1. The highest BCUT2D eigenvalue weighted by Gasteiger charge is 2.10. The van der Waals surface area contributed by atoms with Gasteiger partial charge in [-0.3, -0.25) is 0 Å². The summed E-state index contributed by atoms with van der Waals surface area (Å²) in [6.45, 7) is 1.57. The molecule has 0 saturated heterocycles. The van der Waals surface area contributed by atoms with Crippen molar-refractivity contribution in [3.63, 3.8) is 0 Å². The molecule has 5 nitrogen and oxygen atoms in total. The topological polar surface area (TPSA) is 70.6 Å². The van der Waals surface area contributed by atoms with Crippen molar-refractivity contribution in [3.05, 3.63) is 59.7 Å². The lowest BCUT2D eigenvalue weighted by molar-refractivity contribution is 0.220. The Morgan fingerprint density at radius 2 is 1.88 bits per heavy atom. The van der Waals surface area contributed by atoms with E-state index in [0.717, 1.165) is 0 Å². The van der Waals surface area contributed by atoms with Crippen molar-refractivity contribution in [2.75, 3.05) is 6.61 Å². The number of para-hydroxylation sites is 1. The number of aliphatic hydroxyl groups excluding tert-OH is 1. The van der Waals surface area contributed by atoms with Gasteiger partial charge >= 0.3 is 6.03 Å². The summed E-state index contributed by atoms with van der Waals surface area (Å²) < 4.78 is 32.8. The van der Waals surface area contributed by atoms with Crippen molar-refractivity contribution in [3.8, 4) is 11.5 Å². The molecule has 0 saturated carbocycles. The van der Waals surface area contributed by atoms with Crippen LogP contribution in [0.5, 0.6) is 11.5 Å². The number of amides is 2. The molecule has 1 atom stereocenters. The Morgan fingerprint density at radius 3 is 2.54 bits per heavy atom. The Hall–Kier alpha value is -2.67. The van der Waals surface area contributed by atoms with Crippen LogP contribution < -0.4 is 15.4 Å². The molecular weight excluding hydrogens is 318 g/mol. The van der Waals surface area contributed by atoms with Gasteiger partial charge in [-0.25, -0.2) is 13.6 Å². The van der Waals surface area contributed by atoms with Crippen molar-refractivity contribution in [1.82, 2.24) is 10.6 Å². The lowest BCUT2D eigenvalue weighted by Gasteiger charge is -2.12. The number of carbonyl (C=O) groups is 1. The van der Waals surface area contributed by atoms with Gasteiger partial charge in [0, 0.05) is 6.54 Å². The lowest BCUT2D eigenvalue weighted by atomic mass is 10.2. The number of aliphatic hydroxyl groups is 1. The fraction of sp³-hybridized carbons (Fsp3) is 0.235. The number of halogens is 2. The van der Waals surface area contributed by atoms with Crippen molar-refractivity contribution in [1.29, 1.82) is 0 Å². The highest BCUT2D eigenvalue weighted by Crippen LogP contribution is 2.27. The van der Waals surface area contributed by atoms with Crippen LogP contribution in [0.1, 0.15) is 12.5 Å². The van der Waals surface area contributed by atoms with Crippen molar-refractivity contribution in [2.24, 2.45) is 0 Å². The maximum atomic E-state index is 14.0. The Bertz CT molecular complexity index is 710. The third kappa shape index (κ3) is 4.92. The number of nitrogens with one attached hydrogen (secondary N) is 2. The second-order valence-corrected chi connectivity index (χ2v) is 5.21. The van der Waals surface area contributed by atoms with E-state index in [-0.39, 0.29) is 30.7 Å². The van der Waals surface area contributed by atoms with E-state index in [0.29, 0.717) is 5.56 Å². The number of carbonyl (C=O) groups excluding carboxylic acids is 1. The average molecular weight is 336 g/mol. The summed E-state index contributed by atoms with van der Waals surface area (Å²) in [5.74, 6) is -1.43. The third-order valence-electron chi connectivity index (χ3n) is 3.16. The summed E-state index contributed by atoms with van der Waals surface area (Å²) in [6, 6.07) is 9.00. The zero-order chi connectivity index (χ0) is 17.5. The van der Waals surface area contributed by atoms with Crippen LogP contribution in [0.4, 0.5) is 13.6 Å². The number of rotatable bonds is 6. The summed E-state index contributed by atoms with van der Waals surface area (Å²) in [5.41, 5.74) is 0.514. The average Bonchev–Trinajstić information content (AvgIpc) is 2.57. The minimum atomic E-state index is -0.665. The second kappa shape index (κ2) is 8.26. The lowest BCUT2D eigenvalue weighted by Crippen LogP contribution is -2.41. The van der Waals surface area contributed by atoms with Gasteiger partial charge < -0.3 is 20.5 Å². The van der Waals surface area contributed by atoms with E-state index >= 15 is 0 Å². The number of hydrogen-bond donors (Lipinski definition) is 3. The molecule has 0 heterocycles. The largest absolute Gasteiger partial charge is 0.451 e. The molecule has 2 aromatic rings. The molecule has 7 heteroatoms. The molecule has 0 aromatic heterocycles. The maximum Gasteiger partial charge on any atom is 0.315 e. The second-order valence-electron chi connectivity index (χ2n) is 5.21. The van der Waals surface area contributed by atoms with Gasteiger partial charge in [-0.1, -0.05) is 18.2 Å². The van der Waals surface area contributed by atoms with Crippen molar-refractivity contribution < 1.29 is 23.4 Å². The predicted octanol–water partition coefficient (Wildman–Crippen LogP) is 2.94. The Kier molecular flexibility index (Phi) is 6.08. The molecular formula is C17H18F2N2O3. The quantitative estimate of drug-likeness (QED) is 0.759. The minimum absolute atomic E-state index is 0.0698. The highest BCUT2D eigenvalue weighted by atomic mass is 19.1. The fourth-order valence-corrected chi connectivity index (χ4v) is 1.89. The van der Waals surface area contributed by atoms with Crippen LogP contribution in [0, 0.1) is 11.6 Å². The number of benzene rings is 2. The summed E-state index contributed by atoms with van der Waals surface area (Å²) in [7, 11) is 0. The van der Waals surface area contributed by atoms with E-state index in [4.69, 9.17) is 9.84 Å². The molecule has 0 radical (unpaired) electrons. The van der Waals surface area contributed by atoms with E-state index in [1.807, 2.05) is 0 Å². The summed E-state index contributed by atoms with van der Waals surface area (Å²) >= 11 is 0. The van der Waals surface area contributed by atoms with Crippen molar-refractivity contribution >= 4 is 6.03 Å². The normalized spacial score (nSPS) is 11.7. The molecule has 0 bridgehead atoms. The summed E-state index contributed by atoms with van der Waals surface area (Å²) in [4.78, 5) is 11.5. The van der Waals surface area contributed by atoms with Gasteiger partial charge in [-0.15, -0.1) is 0 Å². The SMILES string of the molecule is C[C@H](CO)NC(=O)NCc1ccc(Oc2ccccc2F)c(F)c1. The van der Waals surface area contributed by atoms with E-state index in [9.17, 15) is 13.6 Å². The van der Waals surface area contributed by atoms with Gasteiger partial charge in [0.2, 0.25) is 0 Å². The molecule has 2 rings (SSSR count). The molecule has 0 fully saturated rings. The van der Waals surface area contributed by atoms with E-state index in [1.165, 1.54) is 30.3 Å². The smallest absolute Gasteiger partial charge is 0.315 e. The summed E-state index contributed by atoms with van der Waals surface area (Å²) in [5, 5.41) is 13.9. The van der Waals surface area contributed by atoms with Gasteiger partial charge in [-0.05, 0) is 36.8 Å². The number of ether oxygens (including phenoxy) is 1. The van der Waals surface area contributed by atoms with E-state index in [2.05, 4.69) is 10.6 Å². The van der Waals surface area contributed by atoms with Gasteiger partial charge in [0.05, 0.1) is 12.6 Å². The monoisotopic (exact) mass is 336 g/mol. The number of hydrogen-bond acceptors (Lipinski definition) is 3. The molecule has 0 aliphatic carbocycles. The first-order chi connectivity index (χ1) is 11.5. The Labute approximate surface area is 138 Å². The van der Waals surface area contributed by atoms with Crippen molar-refractivity contribution in [2.45, 2.75) is 19.5 Å². The first-order valence-corrected chi connectivity index (χ1v) is 7.35. The molecule has 0 unspecified atom stereocenters. The van der Waals surface area contributed by atoms with Gasteiger partial charge in [-0.2, -0.15) is 0 Å². The number of urea groups is 1. The molecule has 24 heavy (non-hydrogen) atoms. The molecule has 0 aliphatic heterocycles. The Balaban J connectivity index is 1.97. The maximum absolute atomic E-state index is 14.0. The van der Waals surface area contributed by atoms with Crippen LogP contribution in [0.25, 0.3) is 0 Å². The van der Waals surface area contributed by atoms with E-state index in [1.54, 1.807) is 19.1 Å². The standard InChI is InChI=1S/C17H18F2N2O3/c1-11(10-22)21-17(23)20-9-12-6-7-16(14(19)8-12)24-15-5-3-2-4-13(15)18/h2-8,11,22H,9-10H2,1H3,(H2,20,21,23)/t11-/m1/s1. The van der Waals surface area contributed by atoms with Crippen LogP contribution in [0.3, 0.4) is 0 Å². The molecule has 2 aromatic carbocycles. The molecule has 0 spiro atoms. The molecule has 3 N–H and O–H groups in total. The van der Waals surface area contributed by atoms with Gasteiger partial charge in [0.25, 0.3) is 0 Å². The predicted molar refractivity (Wildman–Crippen MR) is 84.8 cm³/mol. The van der Waals surface area contributed by atoms with Gasteiger partial charge in [0.1, 0.15) is 0 Å². The summed E-state index contributed by atoms with van der Waals surface area (Å²) in [6.07, 6.45) is 0. The van der Waals surface area contributed by atoms with E-state index < -0.39 is 17.7 Å². The Morgan fingerprint density at radius 1 is 1.17 bits per heavy atom. The molecule has 128 valence electrons. The highest BCUT2D eigenvalue weighted by molar-refractivity contribution is 5.74. The first-order valence-electron chi connectivity index (χ1n) is 7.35. The first kappa shape index (κ1) is 17.7. The van der Waals surface area contributed by atoms with Crippen LogP contribution in [0.15, 0.2) is 42.5 Å². The van der Waals surface area contributed by atoms with Crippen LogP contribution >= 0.6 is 0 Å². The zero-order valence-electron chi connectivity index (χ0n) is 13.1. The molecule has 0 aliphatic rings. The third-order valence-corrected chi connectivity index (χ3v) is 3.16. The minimum Gasteiger partial charge on any atom is -0.451 e. The van der Waals surface area contributed by atoms with Crippen LogP contribution in [0.2, 0.25) is 0 Å².